The van der Waals surface area contributed by atoms with Crippen LogP contribution in [0.4, 0.5) is 0 Å². The Morgan fingerprint density at radius 1 is 1.26 bits per heavy atom. The first-order valence-electron chi connectivity index (χ1n) is 10.8. The minimum Gasteiger partial charge on any atom is -0.493 e. The van der Waals surface area contributed by atoms with Crippen molar-refractivity contribution < 1.29 is 9.53 Å². The van der Waals surface area contributed by atoms with E-state index in [1.54, 1.807) is 0 Å². The molecule has 1 aromatic carbocycles. The van der Waals surface area contributed by atoms with Crippen LogP contribution in [-0.4, -0.2) is 48.5 Å². The van der Waals surface area contributed by atoms with E-state index in [4.69, 9.17) is 4.74 Å². The van der Waals surface area contributed by atoms with Crippen LogP contribution in [0.25, 0.3) is 0 Å². The third-order valence-corrected chi connectivity index (χ3v) is 6.06. The molecule has 4 heteroatoms. The van der Waals surface area contributed by atoms with Crippen molar-refractivity contribution in [3.05, 3.63) is 29.8 Å². The second-order valence-corrected chi connectivity index (χ2v) is 8.44. The number of ether oxygens (including phenoxy) is 1. The smallest absolute Gasteiger partial charge is 0.226 e. The lowest BCUT2D eigenvalue weighted by atomic mass is 9.99. The summed E-state index contributed by atoms with van der Waals surface area (Å²) in [5, 5.41) is 0. The van der Waals surface area contributed by atoms with Crippen LogP contribution in [0.15, 0.2) is 24.3 Å². The topological polar surface area (TPSA) is 32.8 Å². The van der Waals surface area contributed by atoms with Crippen LogP contribution in [0.5, 0.6) is 5.75 Å². The first kappa shape index (κ1) is 20.2. The average molecular weight is 373 g/mol. The Hall–Kier alpha value is -1.55. The highest BCUT2D eigenvalue weighted by Gasteiger charge is 2.34. The van der Waals surface area contributed by atoms with Gasteiger partial charge in [0.25, 0.3) is 0 Å². The second kappa shape index (κ2) is 9.59. The highest BCUT2D eigenvalue weighted by atomic mass is 16.5. The van der Waals surface area contributed by atoms with Gasteiger partial charge in [0.05, 0.1) is 6.61 Å². The van der Waals surface area contributed by atoms with E-state index in [1.807, 2.05) is 6.07 Å². The van der Waals surface area contributed by atoms with Crippen molar-refractivity contribution in [1.29, 1.82) is 0 Å². The van der Waals surface area contributed by atoms with Gasteiger partial charge in [-0.15, -0.1) is 0 Å². The van der Waals surface area contributed by atoms with Crippen LogP contribution in [0.2, 0.25) is 0 Å². The van der Waals surface area contributed by atoms with E-state index in [0.717, 1.165) is 44.6 Å². The maximum Gasteiger partial charge on any atom is 0.226 e. The highest BCUT2D eigenvalue weighted by Crippen LogP contribution is 2.31. The van der Waals surface area contributed by atoms with Gasteiger partial charge in [0.15, 0.2) is 0 Å². The molecule has 3 rings (SSSR count). The van der Waals surface area contributed by atoms with E-state index in [2.05, 4.69) is 48.9 Å². The Kier molecular flexibility index (Phi) is 7.17. The zero-order valence-corrected chi connectivity index (χ0v) is 17.3. The molecule has 2 aliphatic rings. The number of piperidine rings is 1. The molecule has 150 valence electrons. The van der Waals surface area contributed by atoms with Crippen LogP contribution in [0.1, 0.15) is 57.9 Å². The number of hydrogen-bond donors (Lipinski definition) is 0. The van der Waals surface area contributed by atoms with Gasteiger partial charge in [-0.05, 0) is 69.8 Å². The van der Waals surface area contributed by atoms with E-state index < -0.39 is 0 Å². The van der Waals surface area contributed by atoms with Crippen LogP contribution < -0.4 is 4.74 Å². The van der Waals surface area contributed by atoms with Crippen molar-refractivity contribution in [3.63, 3.8) is 0 Å². The van der Waals surface area contributed by atoms with Gasteiger partial charge >= 0.3 is 0 Å². The molecule has 1 aliphatic heterocycles. The van der Waals surface area contributed by atoms with Gasteiger partial charge in [0.2, 0.25) is 5.91 Å². The third-order valence-electron chi connectivity index (χ3n) is 6.06. The summed E-state index contributed by atoms with van der Waals surface area (Å²) in [4.78, 5) is 17.4. The van der Waals surface area contributed by atoms with Crippen LogP contribution in [-0.2, 0) is 11.3 Å². The number of rotatable bonds is 9. The third kappa shape index (κ3) is 5.71. The molecule has 1 unspecified atom stereocenters. The van der Waals surface area contributed by atoms with Gasteiger partial charge in [-0.1, -0.05) is 26.0 Å². The van der Waals surface area contributed by atoms with Crippen LogP contribution in [0.3, 0.4) is 0 Å². The molecule has 1 saturated carbocycles. The summed E-state index contributed by atoms with van der Waals surface area (Å²) in [5.41, 5.74) is 1.18. The first-order chi connectivity index (χ1) is 13.1. The van der Waals surface area contributed by atoms with Crippen molar-refractivity contribution in [2.24, 2.45) is 11.8 Å². The number of benzene rings is 1. The predicted molar refractivity (Wildman–Crippen MR) is 110 cm³/mol. The molecule has 27 heavy (non-hydrogen) atoms. The first-order valence-corrected chi connectivity index (χ1v) is 10.8. The lowest BCUT2D eigenvalue weighted by molar-refractivity contribution is -0.137. The number of likely N-dealkylation sites (tertiary alicyclic amines) is 1. The van der Waals surface area contributed by atoms with E-state index in [-0.39, 0.29) is 5.92 Å². The Balaban J connectivity index is 1.59. The number of nitrogens with zero attached hydrogens (tertiary/aromatic N) is 2. The van der Waals surface area contributed by atoms with E-state index >= 15 is 0 Å². The van der Waals surface area contributed by atoms with E-state index in [9.17, 15) is 4.79 Å². The summed E-state index contributed by atoms with van der Waals surface area (Å²) >= 11 is 0. The monoisotopic (exact) mass is 372 g/mol. The summed E-state index contributed by atoms with van der Waals surface area (Å²) in [6.45, 7) is 8.06. The maximum atomic E-state index is 12.9. The largest absolute Gasteiger partial charge is 0.493 e. The predicted octanol–water partition coefficient (Wildman–Crippen LogP) is 4.33. The van der Waals surface area contributed by atoms with Crippen molar-refractivity contribution in [2.75, 3.05) is 26.7 Å². The molecule has 1 heterocycles. The quantitative estimate of drug-likeness (QED) is 0.647. The van der Waals surface area contributed by atoms with Gasteiger partial charge in [-0.25, -0.2) is 0 Å². The van der Waals surface area contributed by atoms with Gasteiger partial charge < -0.3 is 14.5 Å². The molecule has 0 spiro atoms. The number of carbonyl (C=O) groups is 1. The van der Waals surface area contributed by atoms with Gasteiger partial charge in [0, 0.05) is 31.0 Å². The molecule has 0 bridgehead atoms. The molecular weight excluding hydrogens is 336 g/mol. The Bertz CT molecular complexity index is 610. The van der Waals surface area contributed by atoms with Crippen molar-refractivity contribution in [3.8, 4) is 5.75 Å². The maximum absolute atomic E-state index is 12.9. The van der Waals surface area contributed by atoms with Crippen molar-refractivity contribution in [1.82, 2.24) is 9.80 Å². The number of carbonyl (C=O) groups excluding carboxylic acids is 1. The zero-order valence-electron chi connectivity index (χ0n) is 17.3. The lowest BCUT2D eigenvalue weighted by Gasteiger charge is -2.29. The van der Waals surface area contributed by atoms with Gasteiger partial charge in [0.1, 0.15) is 5.75 Å². The summed E-state index contributed by atoms with van der Waals surface area (Å²) in [6.07, 6.45) is 6.67. The molecule has 2 fully saturated rings. The minimum atomic E-state index is 0.160. The molecule has 1 aromatic rings. The SMILES string of the molecule is CCC(CC)C(=O)N(Cc1cccc(OCC2CCCN(C)C2)c1)C1CC1. The van der Waals surface area contributed by atoms with E-state index in [1.165, 1.54) is 24.9 Å². The van der Waals surface area contributed by atoms with Crippen molar-refractivity contribution in [2.45, 2.75) is 65.0 Å². The summed E-state index contributed by atoms with van der Waals surface area (Å²) in [7, 11) is 2.19. The van der Waals surface area contributed by atoms with Crippen LogP contribution >= 0.6 is 0 Å². The number of amides is 1. The number of hydrogen-bond acceptors (Lipinski definition) is 3. The normalized spacial score (nSPS) is 20.7. The van der Waals surface area contributed by atoms with E-state index in [0.29, 0.717) is 24.4 Å². The molecule has 4 nitrogen and oxygen atoms in total. The molecular formula is C23H36N2O2. The second-order valence-electron chi connectivity index (χ2n) is 8.44. The fourth-order valence-corrected chi connectivity index (χ4v) is 4.20. The fraction of sp³-hybridized carbons (Fsp3) is 0.696. The Morgan fingerprint density at radius 3 is 2.70 bits per heavy atom. The average Bonchev–Trinajstić information content (AvgIpc) is 3.51. The molecule has 0 N–H and O–H groups in total. The summed E-state index contributed by atoms with van der Waals surface area (Å²) in [6, 6.07) is 8.80. The zero-order chi connectivity index (χ0) is 19.2. The molecule has 1 atom stereocenters. The molecule has 1 amide bonds. The standard InChI is InChI=1S/C23H36N2O2/c1-4-20(5-2)23(26)25(21-11-12-21)16-18-8-6-10-22(14-18)27-17-19-9-7-13-24(3)15-19/h6,8,10,14,19-21H,4-5,7,9,11-13,15-17H2,1-3H3. The van der Waals surface area contributed by atoms with Gasteiger partial charge in [-0.3, -0.25) is 4.79 Å². The molecule has 1 aliphatic carbocycles. The molecule has 0 radical (unpaired) electrons. The Labute approximate surface area is 164 Å². The summed E-state index contributed by atoms with van der Waals surface area (Å²) < 4.78 is 6.11. The highest BCUT2D eigenvalue weighted by molar-refractivity contribution is 5.79. The molecule has 0 aromatic heterocycles. The molecule has 1 saturated heterocycles. The fourth-order valence-electron chi connectivity index (χ4n) is 4.20. The van der Waals surface area contributed by atoms with Crippen LogP contribution in [0, 0.1) is 11.8 Å². The van der Waals surface area contributed by atoms with Crippen molar-refractivity contribution >= 4 is 5.91 Å². The summed E-state index contributed by atoms with van der Waals surface area (Å²) in [5.74, 6) is 2.05. The Morgan fingerprint density at radius 2 is 2.04 bits per heavy atom. The minimum absolute atomic E-state index is 0.160. The van der Waals surface area contributed by atoms with Gasteiger partial charge in [-0.2, -0.15) is 0 Å². The lowest BCUT2D eigenvalue weighted by Crippen LogP contribution is -2.37.